The molecule has 0 aliphatic heterocycles. The Labute approximate surface area is 76.2 Å². The average Bonchev–Trinajstić information content (AvgIpc) is 2.43. The van der Waals surface area contributed by atoms with Gasteiger partial charge in [0.25, 0.3) is 0 Å². The molecule has 4 nitrogen and oxygen atoms in total. The molecule has 0 saturated carbocycles. The first-order valence-electron chi connectivity index (χ1n) is 3.82. The van der Waals surface area contributed by atoms with Gasteiger partial charge in [-0.3, -0.25) is 0 Å². The van der Waals surface area contributed by atoms with Gasteiger partial charge < -0.3 is 9.67 Å². The summed E-state index contributed by atoms with van der Waals surface area (Å²) in [5.41, 5.74) is 0.181. The van der Waals surface area contributed by atoms with E-state index in [9.17, 15) is 4.79 Å². The molecule has 1 aromatic rings. The maximum atomic E-state index is 10.7. The number of nitrogens with zero attached hydrogens (tertiary/aromatic N) is 2. The minimum absolute atomic E-state index is 0.181. The van der Waals surface area contributed by atoms with Crippen molar-refractivity contribution in [2.75, 3.05) is 0 Å². The standard InChI is InChI=1S/C9H10N2O2/c1-3-4-5-11-7(2)10-6-8(11)9(12)13/h6H,5H2,1-2H3,(H,12,13). The Kier molecular flexibility index (Phi) is 2.70. The molecule has 0 aliphatic rings. The molecule has 1 heterocycles. The first kappa shape index (κ1) is 9.33. The van der Waals surface area contributed by atoms with Crippen molar-refractivity contribution in [2.45, 2.75) is 20.4 Å². The molecule has 0 unspecified atom stereocenters. The van der Waals surface area contributed by atoms with Crippen molar-refractivity contribution in [3.8, 4) is 11.8 Å². The molecule has 1 rings (SSSR count). The molecule has 0 radical (unpaired) electrons. The minimum Gasteiger partial charge on any atom is -0.477 e. The highest BCUT2D eigenvalue weighted by Gasteiger charge is 2.11. The van der Waals surface area contributed by atoms with Crippen LogP contribution >= 0.6 is 0 Å². The van der Waals surface area contributed by atoms with Gasteiger partial charge in [-0.2, -0.15) is 0 Å². The molecule has 13 heavy (non-hydrogen) atoms. The highest BCUT2D eigenvalue weighted by atomic mass is 16.4. The van der Waals surface area contributed by atoms with E-state index >= 15 is 0 Å². The van der Waals surface area contributed by atoms with Gasteiger partial charge >= 0.3 is 5.97 Å². The largest absolute Gasteiger partial charge is 0.477 e. The van der Waals surface area contributed by atoms with Crippen LogP contribution in [0.25, 0.3) is 0 Å². The lowest BCUT2D eigenvalue weighted by Crippen LogP contribution is -2.08. The van der Waals surface area contributed by atoms with Crippen molar-refractivity contribution in [1.29, 1.82) is 0 Å². The second-order valence-corrected chi connectivity index (χ2v) is 2.51. The van der Waals surface area contributed by atoms with Crippen molar-refractivity contribution < 1.29 is 9.90 Å². The first-order valence-corrected chi connectivity index (χ1v) is 3.82. The molecule has 0 fully saturated rings. The summed E-state index contributed by atoms with van der Waals surface area (Å²) in [7, 11) is 0. The Morgan fingerprint density at radius 1 is 1.77 bits per heavy atom. The fourth-order valence-electron chi connectivity index (χ4n) is 0.997. The zero-order valence-corrected chi connectivity index (χ0v) is 7.53. The van der Waals surface area contributed by atoms with Crippen LogP contribution in [0.2, 0.25) is 0 Å². The summed E-state index contributed by atoms with van der Waals surface area (Å²) in [5, 5.41) is 8.77. The lowest BCUT2D eigenvalue weighted by atomic mass is 10.4. The van der Waals surface area contributed by atoms with Crippen LogP contribution < -0.4 is 0 Å². The highest BCUT2D eigenvalue weighted by molar-refractivity contribution is 5.85. The molecule has 0 bridgehead atoms. The Balaban J connectivity index is 3.06. The summed E-state index contributed by atoms with van der Waals surface area (Å²) in [6.45, 7) is 3.85. The number of aromatic nitrogens is 2. The third-order valence-electron chi connectivity index (χ3n) is 1.69. The van der Waals surface area contributed by atoms with Gasteiger partial charge in [0.15, 0.2) is 0 Å². The van der Waals surface area contributed by atoms with Crippen LogP contribution in [0.15, 0.2) is 6.20 Å². The Morgan fingerprint density at radius 2 is 2.46 bits per heavy atom. The van der Waals surface area contributed by atoms with Crippen LogP contribution in [0.4, 0.5) is 0 Å². The van der Waals surface area contributed by atoms with Gasteiger partial charge in [0.05, 0.1) is 12.7 Å². The Morgan fingerprint density at radius 3 is 3.00 bits per heavy atom. The van der Waals surface area contributed by atoms with Gasteiger partial charge in [0.2, 0.25) is 0 Å². The third-order valence-corrected chi connectivity index (χ3v) is 1.69. The van der Waals surface area contributed by atoms with E-state index in [2.05, 4.69) is 16.8 Å². The molecular formula is C9H10N2O2. The molecule has 1 N–H and O–H groups in total. The smallest absolute Gasteiger partial charge is 0.354 e. The zero-order valence-electron chi connectivity index (χ0n) is 7.53. The van der Waals surface area contributed by atoms with E-state index in [-0.39, 0.29) is 5.69 Å². The second kappa shape index (κ2) is 3.76. The lowest BCUT2D eigenvalue weighted by molar-refractivity contribution is 0.0685. The number of hydrogen-bond donors (Lipinski definition) is 1. The number of carboxylic acid groups (broad SMARTS) is 1. The van der Waals surface area contributed by atoms with E-state index in [4.69, 9.17) is 5.11 Å². The molecule has 0 saturated heterocycles. The lowest BCUT2D eigenvalue weighted by Gasteiger charge is -2.01. The van der Waals surface area contributed by atoms with Crippen molar-refractivity contribution in [3.63, 3.8) is 0 Å². The molecule has 0 spiro atoms. The van der Waals surface area contributed by atoms with Gasteiger partial charge in [-0.1, -0.05) is 5.92 Å². The van der Waals surface area contributed by atoms with Gasteiger partial charge in [-0.25, -0.2) is 9.78 Å². The van der Waals surface area contributed by atoms with E-state index < -0.39 is 5.97 Å². The van der Waals surface area contributed by atoms with Crippen LogP contribution in [0, 0.1) is 18.8 Å². The molecular weight excluding hydrogens is 168 g/mol. The summed E-state index contributed by atoms with van der Waals surface area (Å²) >= 11 is 0. The number of aryl methyl sites for hydroxylation is 1. The average molecular weight is 178 g/mol. The zero-order chi connectivity index (χ0) is 9.84. The van der Waals surface area contributed by atoms with Crippen LogP contribution in [0.5, 0.6) is 0 Å². The number of aromatic carboxylic acids is 1. The molecule has 68 valence electrons. The number of imidazole rings is 1. The normalized spacial score (nSPS) is 9.08. The monoisotopic (exact) mass is 178 g/mol. The third kappa shape index (κ3) is 1.88. The number of carboxylic acids is 1. The number of rotatable bonds is 2. The topological polar surface area (TPSA) is 55.1 Å². The molecule has 0 amide bonds. The molecule has 0 aliphatic carbocycles. The maximum absolute atomic E-state index is 10.7. The fraction of sp³-hybridized carbons (Fsp3) is 0.333. The van der Waals surface area contributed by atoms with Crippen LogP contribution in [0.3, 0.4) is 0 Å². The molecule has 4 heteroatoms. The van der Waals surface area contributed by atoms with Crippen LogP contribution in [-0.2, 0) is 6.54 Å². The maximum Gasteiger partial charge on any atom is 0.354 e. The van der Waals surface area contributed by atoms with Gasteiger partial charge in [0, 0.05) is 0 Å². The SMILES string of the molecule is CC#CCn1c(C(=O)O)cnc1C. The number of hydrogen-bond acceptors (Lipinski definition) is 2. The van der Waals surface area contributed by atoms with Crippen molar-refractivity contribution >= 4 is 5.97 Å². The quantitative estimate of drug-likeness (QED) is 0.685. The van der Waals surface area contributed by atoms with Crippen LogP contribution in [0.1, 0.15) is 23.2 Å². The van der Waals surface area contributed by atoms with E-state index in [1.165, 1.54) is 6.20 Å². The summed E-state index contributed by atoms with van der Waals surface area (Å²) in [6.07, 6.45) is 1.34. The predicted octanol–water partition coefficient (Wildman–Crippen LogP) is 0.913. The van der Waals surface area contributed by atoms with E-state index in [1.807, 2.05) is 0 Å². The van der Waals surface area contributed by atoms with Crippen molar-refractivity contribution in [1.82, 2.24) is 9.55 Å². The Hall–Kier alpha value is -1.76. The van der Waals surface area contributed by atoms with Crippen LogP contribution in [-0.4, -0.2) is 20.6 Å². The summed E-state index contributed by atoms with van der Waals surface area (Å²) in [4.78, 5) is 14.6. The highest BCUT2D eigenvalue weighted by Crippen LogP contribution is 2.03. The summed E-state index contributed by atoms with van der Waals surface area (Å²) in [5.74, 6) is 5.20. The first-order chi connectivity index (χ1) is 6.16. The molecule has 0 aromatic carbocycles. The molecule has 1 aromatic heterocycles. The molecule has 0 atom stereocenters. The Bertz CT molecular complexity index is 382. The second-order valence-electron chi connectivity index (χ2n) is 2.51. The van der Waals surface area contributed by atoms with E-state index in [0.717, 1.165) is 0 Å². The fourth-order valence-corrected chi connectivity index (χ4v) is 0.997. The minimum atomic E-state index is -0.974. The predicted molar refractivity (Wildman–Crippen MR) is 47.4 cm³/mol. The van der Waals surface area contributed by atoms with Gasteiger partial charge in [-0.05, 0) is 13.8 Å². The van der Waals surface area contributed by atoms with Gasteiger partial charge in [0.1, 0.15) is 11.5 Å². The van der Waals surface area contributed by atoms with E-state index in [1.54, 1.807) is 18.4 Å². The summed E-state index contributed by atoms with van der Waals surface area (Å²) < 4.78 is 1.57. The van der Waals surface area contributed by atoms with Crippen molar-refractivity contribution in [2.24, 2.45) is 0 Å². The van der Waals surface area contributed by atoms with Crippen molar-refractivity contribution in [3.05, 3.63) is 17.7 Å². The number of carbonyl (C=O) groups is 1. The van der Waals surface area contributed by atoms with Gasteiger partial charge in [-0.15, -0.1) is 5.92 Å². The van der Waals surface area contributed by atoms with E-state index in [0.29, 0.717) is 12.4 Å². The summed E-state index contributed by atoms with van der Waals surface area (Å²) in [6, 6.07) is 0.